The molecule has 0 bridgehead atoms. The van der Waals surface area contributed by atoms with Crippen LogP contribution in [0.1, 0.15) is 74.8 Å². The van der Waals surface area contributed by atoms with Crippen molar-refractivity contribution in [3.8, 4) is 0 Å². The Morgan fingerprint density at radius 3 is 1.01 bits per heavy atom. The lowest BCUT2D eigenvalue weighted by Crippen LogP contribution is -2.69. The molecule has 71 heavy (non-hydrogen) atoms. The first-order valence-electron chi connectivity index (χ1n) is 22.0. The van der Waals surface area contributed by atoms with Crippen LogP contribution in [0.5, 0.6) is 0 Å². The molecule has 0 saturated carbocycles. The summed E-state index contributed by atoms with van der Waals surface area (Å²) < 4.78 is 93.2. The molecule has 15 atom stereocenters. The summed E-state index contributed by atoms with van der Waals surface area (Å²) in [6.07, 6.45) is -26.6. The maximum atomic E-state index is 13.2. The van der Waals surface area contributed by atoms with Crippen molar-refractivity contribution in [3.05, 3.63) is 35.9 Å². The molecular formula is C45H58O26. The highest BCUT2D eigenvalue weighted by atomic mass is 16.8. The van der Waals surface area contributed by atoms with E-state index in [2.05, 4.69) is 0 Å². The van der Waals surface area contributed by atoms with Crippen molar-refractivity contribution in [3.63, 3.8) is 0 Å². The molecule has 3 aliphatic rings. The zero-order chi connectivity index (χ0) is 52.7. The smallest absolute Gasteiger partial charge is 0.303 e. The molecular weight excluding hydrogens is 956 g/mol. The SMILES string of the molecule is CC(=O)OCC1O[C@H](O[C@@H]2C(OC(C)=O)[C@@H](OC3[C@@H](OCc4ccccc4)OC(COC(C)=O)[C@@H](OC(C)=O)[C@@H]3OC(C)=O)OC(COC(C)=O)[C@H]2OC(C)=O)C(OC(C)=O)[C@@H](OC(C)=O)[C@@H]1OC(C)=O. The first-order valence-corrected chi connectivity index (χ1v) is 22.0. The summed E-state index contributed by atoms with van der Waals surface area (Å²) in [6, 6.07) is 8.57. The summed E-state index contributed by atoms with van der Waals surface area (Å²) in [5.74, 6) is -9.34. The van der Waals surface area contributed by atoms with E-state index in [9.17, 15) is 47.9 Å². The molecule has 0 amide bonds. The highest BCUT2D eigenvalue weighted by molar-refractivity contribution is 5.70. The van der Waals surface area contributed by atoms with Crippen LogP contribution in [0.25, 0.3) is 0 Å². The second-order valence-corrected chi connectivity index (χ2v) is 16.1. The van der Waals surface area contributed by atoms with Crippen molar-refractivity contribution in [2.24, 2.45) is 0 Å². The number of hydrogen-bond acceptors (Lipinski definition) is 26. The average Bonchev–Trinajstić information content (AvgIpc) is 3.25. The maximum absolute atomic E-state index is 13.2. The summed E-state index contributed by atoms with van der Waals surface area (Å²) in [5, 5.41) is 0. The van der Waals surface area contributed by atoms with E-state index in [0.29, 0.717) is 5.56 Å². The number of ether oxygens (including phenoxy) is 16. The van der Waals surface area contributed by atoms with Crippen LogP contribution in [0.4, 0.5) is 0 Å². The molecule has 3 fully saturated rings. The molecule has 3 heterocycles. The van der Waals surface area contributed by atoms with Crippen molar-refractivity contribution in [2.75, 3.05) is 19.8 Å². The van der Waals surface area contributed by atoms with Crippen molar-refractivity contribution < 1.29 is 124 Å². The molecule has 0 aromatic heterocycles. The Kier molecular flexibility index (Phi) is 21.6. The molecule has 1 aromatic carbocycles. The summed E-state index contributed by atoms with van der Waals surface area (Å²) in [6.45, 7) is 7.92. The van der Waals surface area contributed by atoms with Crippen LogP contribution in [0.3, 0.4) is 0 Å². The van der Waals surface area contributed by atoms with E-state index in [4.69, 9.17) is 75.8 Å². The highest BCUT2D eigenvalue weighted by Crippen LogP contribution is 2.38. The van der Waals surface area contributed by atoms with Gasteiger partial charge >= 0.3 is 59.7 Å². The summed E-state index contributed by atoms with van der Waals surface area (Å²) in [4.78, 5) is 126. The topological polar surface area (TPSA) is 318 Å². The van der Waals surface area contributed by atoms with Crippen LogP contribution in [0, 0.1) is 0 Å². The van der Waals surface area contributed by atoms with Gasteiger partial charge in [-0.25, -0.2) is 0 Å². The van der Waals surface area contributed by atoms with Crippen LogP contribution in [0.15, 0.2) is 30.3 Å². The number of rotatable bonds is 20. The Bertz CT molecular complexity index is 2060. The van der Waals surface area contributed by atoms with Gasteiger partial charge in [-0.2, -0.15) is 0 Å². The standard InChI is InChI=1S/C45H58O26/c1-20(46)56-17-31-34(60-23(4)49)37(63-26(7)52)40(43(67-31)59-16-30-14-12-11-13-15-30)71-45-42(66-29(10)55)39(36(62-25(6)51)33(69-45)19-58-22(3)48)70-44-41(65-28(9)54)38(64-27(8)53)35(61-24(5)50)32(68-44)18-57-21(2)47/h11-15,31-45H,16-19H2,1-10H3/t31?,32?,33?,34-,35-,36-,37+,38+,39+,40?,41?,42?,43+,44-,45-/m1/s1. The third-order valence-corrected chi connectivity index (χ3v) is 10.1. The van der Waals surface area contributed by atoms with E-state index in [0.717, 1.165) is 69.2 Å². The van der Waals surface area contributed by atoms with Gasteiger partial charge in [0.05, 0.1) is 6.61 Å². The van der Waals surface area contributed by atoms with Gasteiger partial charge in [0, 0.05) is 69.2 Å². The molecule has 26 nitrogen and oxygen atoms in total. The van der Waals surface area contributed by atoms with Crippen LogP contribution in [0.2, 0.25) is 0 Å². The number of benzene rings is 1. The molecule has 0 N–H and O–H groups in total. The van der Waals surface area contributed by atoms with Crippen molar-refractivity contribution >= 4 is 59.7 Å². The zero-order valence-electron chi connectivity index (χ0n) is 40.5. The minimum Gasteiger partial charge on any atom is -0.463 e. The van der Waals surface area contributed by atoms with Crippen molar-refractivity contribution in [1.82, 2.24) is 0 Å². The Labute approximate surface area is 406 Å². The third kappa shape index (κ3) is 17.5. The highest BCUT2D eigenvalue weighted by Gasteiger charge is 2.60. The van der Waals surface area contributed by atoms with Crippen LogP contribution < -0.4 is 0 Å². The Morgan fingerprint density at radius 1 is 0.352 bits per heavy atom. The van der Waals surface area contributed by atoms with Gasteiger partial charge in [0.25, 0.3) is 0 Å². The molecule has 0 radical (unpaired) electrons. The van der Waals surface area contributed by atoms with Crippen molar-refractivity contribution in [1.29, 1.82) is 0 Å². The molecule has 6 unspecified atom stereocenters. The second kappa shape index (κ2) is 26.8. The van der Waals surface area contributed by atoms with E-state index < -0.39 is 172 Å². The van der Waals surface area contributed by atoms with Crippen LogP contribution in [-0.4, -0.2) is 172 Å². The minimum absolute atomic E-state index is 0.214. The minimum atomic E-state index is -2.04. The van der Waals surface area contributed by atoms with Crippen LogP contribution in [-0.2, 0) is 130 Å². The lowest BCUT2D eigenvalue weighted by atomic mass is 9.95. The van der Waals surface area contributed by atoms with E-state index in [-0.39, 0.29) is 6.61 Å². The Hall–Kier alpha value is -6.32. The van der Waals surface area contributed by atoms with Gasteiger partial charge in [0.1, 0.15) is 44.2 Å². The van der Waals surface area contributed by atoms with Gasteiger partial charge in [0.15, 0.2) is 67.7 Å². The Balaban J connectivity index is 1.97. The lowest BCUT2D eigenvalue weighted by Gasteiger charge is -2.50. The maximum Gasteiger partial charge on any atom is 0.303 e. The monoisotopic (exact) mass is 1010 g/mol. The summed E-state index contributed by atoms with van der Waals surface area (Å²) in [5.41, 5.74) is 0.591. The Morgan fingerprint density at radius 2 is 0.648 bits per heavy atom. The first kappa shape index (κ1) is 57.3. The second-order valence-electron chi connectivity index (χ2n) is 16.1. The number of hydrogen-bond donors (Lipinski definition) is 0. The van der Waals surface area contributed by atoms with Crippen LogP contribution >= 0.6 is 0 Å². The van der Waals surface area contributed by atoms with Gasteiger partial charge in [-0.15, -0.1) is 0 Å². The predicted octanol–water partition coefficient (Wildman–Crippen LogP) is 0.360. The van der Waals surface area contributed by atoms with Crippen molar-refractivity contribution in [2.45, 2.75) is 168 Å². The molecule has 1 aromatic rings. The fourth-order valence-corrected chi connectivity index (χ4v) is 7.64. The van der Waals surface area contributed by atoms with Gasteiger partial charge in [0.2, 0.25) is 0 Å². The van der Waals surface area contributed by atoms with E-state index in [1.54, 1.807) is 30.3 Å². The normalized spacial score (nSPS) is 30.2. The molecule has 0 aliphatic carbocycles. The van der Waals surface area contributed by atoms with Gasteiger partial charge < -0.3 is 75.8 Å². The molecule has 394 valence electrons. The summed E-state index contributed by atoms with van der Waals surface area (Å²) >= 11 is 0. The lowest BCUT2D eigenvalue weighted by molar-refractivity contribution is -0.386. The third-order valence-electron chi connectivity index (χ3n) is 10.1. The largest absolute Gasteiger partial charge is 0.463 e. The fourth-order valence-electron chi connectivity index (χ4n) is 7.64. The first-order chi connectivity index (χ1) is 33.4. The molecule has 4 rings (SSSR count). The molecule has 3 saturated heterocycles. The molecule has 0 spiro atoms. The molecule has 26 heteroatoms. The predicted molar refractivity (Wildman–Crippen MR) is 226 cm³/mol. The van der Waals surface area contributed by atoms with Gasteiger partial charge in [-0.05, 0) is 5.56 Å². The quantitative estimate of drug-likeness (QED) is 0.126. The average molecular weight is 1010 g/mol. The number of esters is 10. The number of carbonyl (C=O) groups excluding carboxylic acids is 10. The molecule has 3 aliphatic heterocycles. The summed E-state index contributed by atoms with van der Waals surface area (Å²) in [7, 11) is 0. The van der Waals surface area contributed by atoms with Gasteiger partial charge in [-0.1, -0.05) is 30.3 Å². The van der Waals surface area contributed by atoms with E-state index in [1.165, 1.54) is 0 Å². The van der Waals surface area contributed by atoms with E-state index >= 15 is 0 Å². The fraction of sp³-hybridized carbons (Fsp3) is 0.644. The van der Waals surface area contributed by atoms with Gasteiger partial charge in [-0.3, -0.25) is 47.9 Å². The van der Waals surface area contributed by atoms with E-state index in [1.807, 2.05) is 0 Å². The number of carbonyl (C=O) groups is 10. The zero-order valence-corrected chi connectivity index (χ0v) is 40.5.